The zero-order chi connectivity index (χ0) is 13.1. The van der Waals surface area contributed by atoms with E-state index in [2.05, 4.69) is 5.32 Å². The van der Waals surface area contributed by atoms with Gasteiger partial charge in [-0.2, -0.15) is 5.26 Å². The molecule has 0 spiro atoms. The maximum atomic E-state index is 11.8. The van der Waals surface area contributed by atoms with Crippen LogP contribution in [0.2, 0.25) is 0 Å². The molecule has 0 radical (unpaired) electrons. The SMILES string of the molecule is CN(C(=O)CCC#N)c1ccc2c(c1)CC(=O)N2. The molecule has 2 amide bonds. The molecule has 0 saturated heterocycles. The third-order valence-corrected chi connectivity index (χ3v) is 2.93. The number of amides is 2. The van der Waals surface area contributed by atoms with E-state index in [1.54, 1.807) is 19.2 Å². The molecule has 1 aromatic rings. The number of benzene rings is 1. The first kappa shape index (κ1) is 12.1. The van der Waals surface area contributed by atoms with Gasteiger partial charge in [0.05, 0.1) is 12.5 Å². The predicted octanol–water partition coefficient (Wildman–Crippen LogP) is 1.45. The van der Waals surface area contributed by atoms with Gasteiger partial charge in [0.2, 0.25) is 11.8 Å². The second kappa shape index (κ2) is 4.88. The van der Waals surface area contributed by atoms with Gasteiger partial charge in [-0.25, -0.2) is 0 Å². The number of carbonyl (C=O) groups excluding carboxylic acids is 2. The van der Waals surface area contributed by atoms with Gasteiger partial charge in [0, 0.05) is 31.3 Å². The highest BCUT2D eigenvalue weighted by atomic mass is 16.2. The summed E-state index contributed by atoms with van der Waals surface area (Å²) in [5.74, 6) is -0.130. The highest BCUT2D eigenvalue weighted by Gasteiger charge is 2.19. The smallest absolute Gasteiger partial charge is 0.228 e. The number of anilines is 2. The van der Waals surface area contributed by atoms with Gasteiger partial charge in [0.25, 0.3) is 0 Å². The Morgan fingerprint density at radius 2 is 2.33 bits per heavy atom. The van der Waals surface area contributed by atoms with Crippen molar-refractivity contribution in [1.29, 1.82) is 5.26 Å². The van der Waals surface area contributed by atoms with E-state index in [0.29, 0.717) is 6.42 Å². The Bertz CT molecular complexity index is 546. The third-order valence-electron chi connectivity index (χ3n) is 2.93. The fraction of sp³-hybridized carbons (Fsp3) is 0.308. The predicted molar refractivity (Wildman–Crippen MR) is 67.0 cm³/mol. The Hall–Kier alpha value is -2.35. The third kappa shape index (κ3) is 2.33. The first-order chi connectivity index (χ1) is 8.61. The highest BCUT2D eigenvalue weighted by molar-refractivity contribution is 6.00. The van der Waals surface area contributed by atoms with Crippen molar-refractivity contribution in [2.75, 3.05) is 17.3 Å². The summed E-state index contributed by atoms with van der Waals surface area (Å²) in [6.07, 6.45) is 0.777. The van der Waals surface area contributed by atoms with Gasteiger partial charge in [-0.15, -0.1) is 0 Å². The molecule has 1 aliphatic rings. The zero-order valence-electron chi connectivity index (χ0n) is 10.1. The van der Waals surface area contributed by atoms with Crippen LogP contribution < -0.4 is 10.2 Å². The molecule has 2 rings (SSSR count). The normalized spacial score (nSPS) is 12.6. The van der Waals surface area contributed by atoms with Crippen molar-refractivity contribution in [1.82, 2.24) is 0 Å². The van der Waals surface area contributed by atoms with Gasteiger partial charge in [0.15, 0.2) is 0 Å². The zero-order valence-corrected chi connectivity index (χ0v) is 10.1. The van der Waals surface area contributed by atoms with Crippen molar-refractivity contribution in [2.45, 2.75) is 19.3 Å². The average Bonchev–Trinajstić information content (AvgIpc) is 2.73. The Morgan fingerprint density at radius 1 is 1.56 bits per heavy atom. The summed E-state index contributed by atoms with van der Waals surface area (Å²) < 4.78 is 0. The second-order valence-corrected chi connectivity index (χ2v) is 4.18. The van der Waals surface area contributed by atoms with E-state index in [1.807, 2.05) is 12.1 Å². The molecule has 1 aliphatic heterocycles. The van der Waals surface area contributed by atoms with Crippen LogP contribution in [0.25, 0.3) is 0 Å². The number of hydrogen-bond donors (Lipinski definition) is 1. The Labute approximate surface area is 105 Å². The average molecular weight is 243 g/mol. The van der Waals surface area contributed by atoms with Crippen molar-refractivity contribution in [3.05, 3.63) is 23.8 Å². The number of fused-ring (bicyclic) bond motifs is 1. The lowest BCUT2D eigenvalue weighted by atomic mass is 10.1. The van der Waals surface area contributed by atoms with Crippen LogP contribution in [-0.4, -0.2) is 18.9 Å². The molecule has 0 unspecified atom stereocenters. The van der Waals surface area contributed by atoms with E-state index in [4.69, 9.17) is 5.26 Å². The number of carbonyl (C=O) groups is 2. The Morgan fingerprint density at radius 3 is 3.06 bits per heavy atom. The van der Waals surface area contributed by atoms with Gasteiger partial charge in [0.1, 0.15) is 0 Å². The van der Waals surface area contributed by atoms with Crippen LogP contribution in [0.1, 0.15) is 18.4 Å². The van der Waals surface area contributed by atoms with Crippen LogP contribution in [0.5, 0.6) is 0 Å². The Kier molecular flexibility index (Phi) is 3.28. The van der Waals surface area contributed by atoms with Crippen molar-refractivity contribution < 1.29 is 9.59 Å². The number of nitrogens with zero attached hydrogens (tertiary/aromatic N) is 2. The quantitative estimate of drug-likeness (QED) is 0.873. The van der Waals surface area contributed by atoms with E-state index >= 15 is 0 Å². The topological polar surface area (TPSA) is 73.2 Å². The summed E-state index contributed by atoms with van der Waals surface area (Å²) >= 11 is 0. The first-order valence-electron chi connectivity index (χ1n) is 5.68. The molecular formula is C13H13N3O2. The molecule has 0 fully saturated rings. The summed E-state index contributed by atoms with van der Waals surface area (Å²) in [7, 11) is 1.67. The van der Waals surface area contributed by atoms with Crippen LogP contribution in [0.3, 0.4) is 0 Å². The molecule has 5 heteroatoms. The highest BCUT2D eigenvalue weighted by Crippen LogP contribution is 2.27. The maximum absolute atomic E-state index is 11.8. The molecule has 0 aromatic heterocycles. The van der Waals surface area contributed by atoms with Crippen LogP contribution >= 0.6 is 0 Å². The number of nitriles is 1. The summed E-state index contributed by atoms with van der Waals surface area (Å²) in [5.41, 5.74) is 2.45. The van der Waals surface area contributed by atoms with E-state index in [9.17, 15) is 9.59 Å². The molecule has 0 aliphatic carbocycles. The summed E-state index contributed by atoms with van der Waals surface area (Å²) in [6, 6.07) is 7.36. The summed E-state index contributed by atoms with van der Waals surface area (Å²) in [5, 5.41) is 11.2. The molecular weight excluding hydrogens is 230 g/mol. The minimum Gasteiger partial charge on any atom is -0.326 e. The fourth-order valence-corrected chi connectivity index (χ4v) is 1.90. The van der Waals surface area contributed by atoms with Crippen LogP contribution in [0.15, 0.2) is 18.2 Å². The maximum Gasteiger partial charge on any atom is 0.228 e. The lowest BCUT2D eigenvalue weighted by Crippen LogP contribution is -2.25. The summed E-state index contributed by atoms with van der Waals surface area (Å²) in [4.78, 5) is 24.5. The molecule has 1 heterocycles. The molecule has 1 aromatic carbocycles. The van der Waals surface area contributed by atoms with Gasteiger partial charge >= 0.3 is 0 Å². The molecule has 92 valence electrons. The molecule has 5 nitrogen and oxygen atoms in total. The molecule has 1 N–H and O–H groups in total. The molecule has 18 heavy (non-hydrogen) atoms. The second-order valence-electron chi connectivity index (χ2n) is 4.18. The minimum absolute atomic E-state index is 0.0272. The Balaban J connectivity index is 2.15. The summed E-state index contributed by atoms with van der Waals surface area (Å²) in [6.45, 7) is 0. The first-order valence-corrected chi connectivity index (χ1v) is 5.68. The van der Waals surface area contributed by atoms with Gasteiger partial charge in [-0.3, -0.25) is 9.59 Å². The van der Waals surface area contributed by atoms with Gasteiger partial charge < -0.3 is 10.2 Å². The number of nitrogens with one attached hydrogen (secondary N) is 1. The van der Waals surface area contributed by atoms with E-state index in [1.165, 1.54) is 4.90 Å². The lowest BCUT2D eigenvalue weighted by molar-refractivity contribution is -0.118. The molecule has 0 atom stereocenters. The van der Waals surface area contributed by atoms with Crippen molar-refractivity contribution in [3.63, 3.8) is 0 Å². The van der Waals surface area contributed by atoms with Crippen LogP contribution in [-0.2, 0) is 16.0 Å². The van der Waals surface area contributed by atoms with Crippen molar-refractivity contribution >= 4 is 23.2 Å². The minimum atomic E-state index is -0.103. The lowest BCUT2D eigenvalue weighted by Gasteiger charge is -2.17. The van der Waals surface area contributed by atoms with E-state index in [0.717, 1.165) is 16.9 Å². The van der Waals surface area contributed by atoms with E-state index in [-0.39, 0.29) is 24.7 Å². The molecule has 0 saturated carbocycles. The van der Waals surface area contributed by atoms with Crippen LogP contribution in [0.4, 0.5) is 11.4 Å². The standard InChI is InChI=1S/C13H13N3O2/c1-16(13(18)3-2-6-14)10-4-5-11-9(7-10)8-12(17)15-11/h4-5,7H,2-3,8H2,1H3,(H,15,17). The monoisotopic (exact) mass is 243 g/mol. The van der Waals surface area contributed by atoms with Crippen molar-refractivity contribution in [3.8, 4) is 6.07 Å². The largest absolute Gasteiger partial charge is 0.326 e. The van der Waals surface area contributed by atoms with Gasteiger partial charge in [-0.05, 0) is 23.8 Å². The van der Waals surface area contributed by atoms with Gasteiger partial charge in [-0.1, -0.05) is 0 Å². The number of hydrogen-bond acceptors (Lipinski definition) is 3. The van der Waals surface area contributed by atoms with E-state index < -0.39 is 0 Å². The fourth-order valence-electron chi connectivity index (χ4n) is 1.90. The molecule has 0 bridgehead atoms. The van der Waals surface area contributed by atoms with Crippen LogP contribution in [0, 0.1) is 11.3 Å². The number of rotatable bonds is 3. The van der Waals surface area contributed by atoms with Crippen molar-refractivity contribution in [2.24, 2.45) is 0 Å².